The van der Waals surface area contributed by atoms with Crippen LogP contribution in [0, 0.1) is 0 Å². The summed E-state index contributed by atoms with van der Waals surface area (Å²) in [5.74, 6) is -0.428. The van der Waals surface area contributed by atoms with Crippen LogP contribution in [-0.2, 0) is 22.7 Å². The van der Waals surface area contributed by atoms with Crippen LogP contribution in [0.3, 0.4) is 0 Å². The summed E-state index contributed by atoms with van der Waals surface area (Å²) in [7, 11) is 0. The standard InChI is InChI=1S/C23H18N6O4S/c30-21-7-6-18(22(31)25-21)28-10-16-15(23(28)32)2-1-3-19(16)33-11-13-9-29(27-26-13)14-4-5-17-20(8-14)34-12-24-17/h1-5,8-9,12,18H,6-7,10-11H2,(H,25,30,31). The molecule has 0 spiro atoms. The molecule has 6 rings (SSSR count). The molecule has 34 heavy (non-hydrogen) atoms. The molecular weight excluding hydrogens is 456 g/mol. The van der Waals surface area contributed by atoms with Crippen molar-refractivity contribution in [3.05, 3.63) is 64.9 Å². The van der Waals surface area contributed by atoms with Gasteiger partial charge in [-0.05, 0) is 36.8 Å². The highest BCUT2D eigenvalue weighted by Crippen LogP contribution is 2.34. The third-order valence-corrected chi connectivity index (χ3v) is 6.83. The van der Waals surface area contributed by atoms with E-state index in [0.717, 1.165) is 21.5 Å². The Labute approximate surface area is 197 Å². The topological polar surface area (TPSA) is 119 Å². The van der Waals surface area contributed by atoms with Crippen molar-refractivity contribution in [3.63, 3.8) is 0 Å². The average molecular weight is 475 g/mol. The number of carbonyl (C=O) groups is 3. The van der Waals surface area contributed by atoms with Crippen LogP contribution in [0.2, 0.25) is 0 Å². The minimum absolute atomic E-state index is 0.172. The summed E-state index contributed by atoms with van der Waals surface area (Å²) < 4.78 is 8.76. The van der Waals surface area contributed by atoms with E-state index in [-0.39, 0.29) is 31.4 Å². The van der Waals surface area contributed by atoms with Crippen molar-refractivity contribution in [1.29, 1.82) is 0 Å². The molecule has 1 saturated heterocycles. The van der Waals surface area contributed by atoms with E-state index < -0.39 is 11.9 Å². The van der Waals surface area contributed by atoms with Crippen molar-refractivity contribution in [2.45, 2.75) is 32.0 Å². The van der Waals surface area contributed by atoms with Crippen LogP contribution in [0.5, 0.6) is 5.75 Å². The lowest BCUT2D eigenvalue weighted by molar-refractivity contribution is -0.136. The first-order valence-corrected chi connectivity index (χ1v) is 11.6. The molecular formula is C23H18N6O4S. The number of thiazole rings is 1. The molecule has 2 aliphatic heterocycles. The number of benzene rings is 2. The lowest BCUT2D eigenvalue weighted by Crippen LogP contribution is -2.52. The maximum atomic E-state index is 13.0. The number of amides is 3. The number of piperidine rings is 1. The summed E-state index contributed by atoms with van der Waals surface area (Å²) >= 11 is 1.56. The Hall–Kier alpha value is -4.12. The summed E-state index contributed by atoms with van der Waals surface area (Å²) in [6.45, 7) is 0.421. The second kappa shape index (κ2) is 8.03. The van der Waals surface area contributed by atoms with Crippen LogP contribution in [0.15, 0.2) is 48.1 Å². The first-order valence-electron chi connectivity index (χ1n) is 10.7. The van der Waals surface area contributed by atoms with E-state index >= 15 is 0 Å². The van der Waals surface area contributed by atoms with Gasteiger partial charge in [0.05, 0.1) is 34.2 Å². The molecule has 2 aromatic heterocycles. The molecule has 0 saturated carbocycles. The lowest BCUT2D eigenvalue weighted by Gasteiger charge is -2.29. The SMILES string of the molecule is O=C1CCC(N2Cc3c(OCc4cn(-c5ccc6ncsc6c5)nn4)cccc3C2=O)C(=O)N1. The molecule has 10 nitrogen and oxygen atoms in total. The Kier molecular flexibility index (Phi) is 4.84. The molecule has 0 aliphatic carbocycles. The van der Waals surface area contributed by atoms with Crippen LogP contribution in [0.4, 0.5) is 0 Å². The van der Waals surface area contributed by atoms with E-state index in [1.165, 1.54) is 4.90 Å². The van der Waals surface area contributed by atoms with Gasteiger partial charge >= 0.3 is 0 Å². The Morgan fingerprint density at radius 3 is 2.97 bits per heavy atom. The van der Waals surface area contributed by atoms with Crippen LogP contribution in [-0.4, -0.2) is 48.6 Å². The number of carbonyl (C=O) groups excluding carboxylic acids is 3. The highest BCUT2D eigenvalue weighted by atomic mass is 32.1. The zero-order valence-corrected chi connectivity index (χ0v) is 18.6. The molecule has 2 aliphatic rings. The van der Waals surface area contributed by atoms with Gasteiger partial charge in [-0.2, -0.15) is 0 Å². The third-order valence-electron chi connectivity index (χ3n) is 6.03. The van der Waals surface area contributed by atoms with Gasteiger partial charge in [0.25, 0.3) is 5.91 Å². The maximum absolute atomic E-state index is 13.0. The van der Waals surface area contributed by atoms with Crippen molar-refractivity contribution >= 4 is 39.3 Å². The summed E-state index contributed by atoms with van der Waals surface area (Å²) in [6, 6.07) is 10.5. The quantitative estimate of drug-likeness (QED) is 0.441. The Morgan fingerprint density at radius 1 is 1.18 bits per heavy atom. The number of imide groups is 1. The smallest absolute Gasteiger partial charge is 0.255 e. The zero-order chi connectivity index (χ0) is 23.2. The van der Waals surface area contributed by atoms with E-state index in [1.54, 1.807) is 45.9 Å². The predicted octanol–water partition coefficient (Wildman–Crippen LogP) is 2.22. The Bertz CT molecular complexity index is 1460. The first kappa shape index (κ1) is 20.5. The molecule has 1 atom stereocenters. The number of nitrogens with one attached hydrogen (secondary N) is 1. The largest absolute Gasteiger partial charge is 0.487 e. The third kappa shape index (κ3) is 3.50. The minimum atomic E-state index is -0.666. The minimum Gasteiger partial charge on any atom is -0.487 e. The van der Waals surface area contributed by atoms with Gasteiger partial charge in [-0.25, -0.2) is 9.67 Å². The van der Waals surface area contributed by atoms with Gasteiger partial charge in [-0.15, -0.1) is 16.4 Å². The number of fused-ring (bicyclic) bond motifs is 2. The van der Waals surface area contributed by atoms with Crippen molar-refractivity contribution in [2.75, 3.05) is 0 Å². The Balaban J connectivity index is 1.18. The normalized spacial score (nSPS) is 17.8. The number of hydrogen-bond acceptors (Lipinski definition) is 8. The fourth-order valence-electron chi connectivity index (χ4n) is 4.32. The van der Waals surface area contributed by atoms with Crippen LogP contribution >= 0.6 is 11.3 Å². The average Bonchev–Trinajstić information content (AvgIpc) is 3.57. The predicted molar refractivity (Wildman–Crippen MR) is 121 cm³/mol. The van der Waals surface area contributed by atoms with Crippen molar-refractivity contribution in [1.82, 2.24) is 30.2 Å². The number of ether oxygens (including phenoxy) is 1. The second-order valence-corrected chi connectivity index (χ2v) is 9.02. The molecule has 4 heterocycles. The molecule has 4 aromatic rings. The highest BCUT2D eigenvalue weighted by molar-refractivity contribution is 7.16. The maximum Gasteiger partial charge on any atom is 0.255 e. The van der Waals surface area contributed by atoms with E-state index in [0.29, 0.717) is 23.4 Å². The van der Waals surface area contributed by atoms with Gasteiger partial charge in [-0.1, -0.05) is 11.3 Å². The summed E-state index contributed by atoms with van der Waals surface area (Å²) in [5.41, 5.74) is 5.48. The van der Waals surface area contributed by atoms with E-state index in [1.807, 2.05) is 18.2 Å². The van der Waals surface area contributed by atoms with Gasteiger partial charge in [-0.3, -0.25) is 19.7 Å². The molecule has 1 N–H and O–H groups in total. The molecule has 0 radical (unpaired) electrons. The summed E-state index contributed by atoms with van der Waals surface area (Å²) in [6.07, 6.45) is 2.33. The van der Waals surface area contributed by atoms with E-state index in [9.17, 15) is 14.4 Å². The Morgan fingerprint density at radius 2 is 2.09 bits per heavy atom. The lowest BCUT2D eigenvalue weighted by atomic mass is 10.0. The molecule has 170 valence electrons. The zero-order valence-electron chi connectivity index (χ0n) is 17.8. The van der Waals surface area contributed by atoms with Crippen molar-refractivity contribution in [2.24, 2.45) is 0 Å². The number of nitrogens with zero attached hydrogens (tertiary/aromatic N) is 5. The van der Waals surface area contributed by atoms with Crippen LogP contribution < -0.4 is 10.1 Å². The van der Waals surface area contributed by atoms with Crippen molar-refractivity contribution in [3.8, 4) is 11.4 Å². The second-order valence-electron chi connectivity index (χ2n) is 8.13. The molecule has 1 fully saturated rings. The monoisotopic (exact) mass is 474 g/mol. The first-order chi connectivity index (χ1) is 16.6. The number of hydrogen-bond donors (Lipinski definition) is 1. The molecule has 2 aromatic carbocycles. The number of aromatic nitrogens is 4. The van der Waals surface area contributed by atoms with E-state index in [2.05, 4.69) is 20.6 Å². The van der Waals surface area contributed by atoms with E-state index in [4.69, 9.17) is 4.74 Å². The van der Waals surface area contributed by atoms with Crippen molar-refractivity contribution < 1.29 is 19.1 Å². The van der Waals surface area contributed by atoms with Gasteiger partial charge in [0.2, 0.25) is 11.8 Å². The number of rotatable bonds is 5. The molecule has 11 heteroatoms. The van der Waals surface area contributed by atoms with Gasteiger partial charge < -0.3 is 9.64 Å². The summed E-state index contributed by atoms with van der Waals surface area (Å²) in [4.78, 5) is 42.5. The fourth-order valence-corrected chi connectivity index (χ4v) is 5.03. The van der Waals surface area contributed by atoms with Gasteiger partial charge in [0, 0.05) is 17.5 Å². The molecule has 3 amide bonds. The molecule has 0 bridgehead atoms. The highest BCUT2D eigenvalue weighted by Gasteiger charge is 2.40. The van der Waals surface area contributed by atoms with Crippen LogP contribution in [0.25, 0.3) is 15.9 Å². The summed E-state index contributed by atoms with van der Waals surface area (Å²) in [5, 5.41) is 10.7. The molecule has 1 unspecified atom stereocenters. The van der Waals surface area contributed by atoms with Gasteiger partial charge in [0.1, 0.15) is 24.1 Å². The van der Waals surface area contributed by atoms with Gasteiger partial charge in [0.15, 0.2) is 0 Å². The fraction of sp³-hybridized carbons (Fsp3) is 0.217. The van der Waals surface area contributed by atoms with Crippen LogP contribution in [0.1, 0.15) is 34.5 Å².